The smallest absolute Gasteiger partial charge is 0.339 e. The average molecular weight is 460 g/mol. The maximum Gasteiger partial charge on any atom is 0.351 e. The highest BCUT2D eigenvalue weighted by molar-refractivity contribution is 5.91. The first-order chi connectivity index (χ1) is 16.2. The second kappa shape index (κ2) is 9.26. The van der Waals surface area contributed by atoms with E-state index < -0.39 is 11.2 Å². The van der Waals surface area contributed by atoms with Crippen molar-refractivity contribution in [2.24, 2.45) is 7.05 Å². The van der Waals surface area contributed by atoms with Crippen molar-refractivity contribution in [3.63, 3.8) is 0 Å². The molecule has 2 aromatic carbocycles. The van der Waals surface area contributed by atoms with Gasteiger partial charge in [0, 0.05) is 25.6 Å². The number of aromatic nitrogens is 5. The first kappa shape index (κ1) is 22.8. The predicted octanol–water partition coefficient (Wildman–Crippen LogP) is 2.48. The zero-order chi connectivity index (χ0) is 24.4. The van der Waals surface area contributed by atoms with Crippen LogP contribution in [0.3, 0.4) is 0 Å². The maximum absolute atomic E-state index is 12.7. The zero-order valence-corrected chi connectivity index (χ0v) is 19.3. The van der Waals surface area contributed by atoms with Gasteiger partial charge in [-0.3, -0.25) is 14.2 Å². The number of nitrogens with zero attached hydrogens (tertiary/aromatic N) is 5. The number of carbonyl (C=O) groups is 1. The summed E-state index contributed by atoms with van der Waals surface area (Å²) in [6.45, 7) is 5.84. The van der Waals surface area contributed by atoms with Gasteiger partial charge in [-0.25, -0.2) is 4.79 Å². The summed E-state index contributed by atoms with van der Waals surface area (Å²) >= 11 is 0. The van der Waals surface area contributed by atoms with Gasteiger partial charge in [0.1, 0.15) is 0 Å². The van der Waals surface area contributed by atoms with E-state index in [0.717, 1.165) is 31.6 Å². The van der Waals surface area contributed by atoms with E-state index in [1.165, 1.54) is 7.05 Å². The van der Waals surface area contributed by atoms with Crippen LogP contribution >= 0.6 is 0 Å². The summed E-state index contributed by atoms with van der Waals surface area (Å²) in [5.74, 6) is -0.0670. The largest absolute Gasteiger partial charge is 0.351 e. The number of amides is 1. The zero-order valence-electron chi connectivity index (χ0n) is 19.3. The molecule has 4 aromatic rings. The molecule has 0 bridgehead atoms. The molecular weight excluding hydrogens is 436 g/mol. The third-order valence-electron chi connectivity index (χ3n) is 5.36. The monoisotopic (exact) mass is 460 g/mol. The molecule has 10 heteroatoms. The molecule has 10 nitrogen and oxygen atoms in total. The standard InChI is InChI=1S/C24H24N6O4/c1-14-5-8-17(9-6-14)30-24(33)29(4)23(32)21(27-30)22-26-20(34-28-22)12-11-19(31)25-18-10-7-15(2)13-16(18)3/h5-10,13H,11-12H2,1-4H3,(H,25,31). The Bertz CT molecular complexity index is 1480. The SMILES string of the molecule is Cc1ccc(-n2nc(-c3noc(CCC(=O)Nc4ccc(C)cc4C)n3)c(=O)n(C)c2=O)cc1. The third kappa shape index (κ3) is 4.70. The van der Waals surface area contributed by atoms with Crippen LogP contribution in [0.2, 0.25) is 0 Å². The number of benzene rings is 2. The van der Waals surface area contributed by atoms with Gasteiger partial charge in [-0.15, -0.1) is 0 Å². The molecule has 0 spiro atoms. The first-order valence-corrected chi connectivity index (χ1v) is 10.7. The lowest BCUT2D eigenvalue weighted by atomic mass is 10.1. The Kier molecular flexibility index (Phi) is 6.22. The second-order valence-corrected chi connectivity index (χ2v) is 8.12. The van der Waals surface area contributed by atoms with Gasteiger partial charge in [-0.05, 0) is 44.5 Å². The van der Waals surface area contributed by atoms with Crippen LogP contribution in [0.5, 0.6) is 0 Å². The lowest BCUT2D eigenvalue weighted by molar-refractivity contribution is -0.116. The molecule has 0 aliphatic rings. The number of aryl methyl sites for hydroxylation is 4. The van der Waals surface area contributed by atoms with Crippen molar-refractivity contribution < 1.29 is 9.32 Å². The molecule has 174 valence electrons. The van der Waals surface area contributed by atoms with Crippen LogP contribution in [0.4, 0.5) is 5.69 Å². The van der Waals surface area contributed by atoms with Gasteiger partial charge in [0.2, 0.25) is 17.6 Å². The van der Waals surface area contributed by atoms with Crippen LogP contribution in [0.15, 0.2) is 56.6 Å². The van der Waals surface area contributed by atoms with Crippen LogP contribution in [0, 0.1) is 20.8 Å². The average Bonchev–Trinajstić information content (AvgIpc) is 3.28. The van der Waals surface area contributed by atoms with Gasteiger partial charge in [-0.1, -0.05) is 40.5 Å². The lowest BCUT2D eigenvalue weighted by Crippen LogP contribution is -2.40. The fourth-order valence-electron chi connectivity index (χ4n) is 3.41. The van der Waals surface area contributed by atoms with Crippen molar-refractivity contribution in [3.8, 4) is 17.2 Å². The van der Waals surface area contributed by atoms with Crippen molar-refractivity contribution in [3.05, 3.63) is 85.9 Å². The summed E-state index contributed by atoms with van der Waals surface area (Å²) in [6.07, 6.45) is 0.297. The van der Waals surface area contributed by atoms with Crippen molar-refractivity contribution in [1.82, 2.24) is 24.5 Å². The van der Waals surface area contributed by atoms with Crippen LogP contribution < -0.4 is 16.6 Å². The summed E-state index contributed by atoms with van der Waals surface area (Å²) in [6, 6.07) is 12.9. The van der Waals surface area contributed by atoms with E-state index in [-0.39, 0.29) is 36.2 Å². The molecular formula is C24H24N6O4. The second-order valence-electron chi connectivity index (χ2n) is 8.12. The minimum Gasteiger partial charge on any atom is -0.339 e. The van der Waals surface area contributed by atoms with E-state index in [9.17, 15) is 14.4 Å². The molecule has 2 aromatic heterocycles. The van der Waals surface area contributed by atoms with Crippen LogP contribution in [-0.4, -0.2) is 30.4 Å². The highest BCUT2D eigenvalue weighted by atomic mass is 16.5. The van der Waals surface area contributed by atoms with Gasteiger partial charge in [-0.2, -0.15) is 14.8 Å². The van der Waals surface area contributed by atoms with Crippen molar-refractivity contribution in [1.29, 1.82) is 0 Å². The van der Waals surface area contributed by atoms with Crippen molar-refractivity contribution >= 4 is 11.6 Å². The fraction of sp³-hybridized carbons (Fsp3) is 0.250. The number of nitrogens with one attached hydrogen (secondary N) is 1. The Balaban J connectivity index is 1.53. The molecule has 1 amide bonds. The van der Waals surface area contributed by atoms with E-state index in [1.807, 2.05) is 51.1 Å². The van der Waals surface area contributed by atoms with Crippen LogP contribution in [-0.2, 0) is 18.3 Å². The van der Waals surface area contributed by atoms with Crippen molar-refractivity contribution in [2.75, 3.05) is 5.32 Å². The van der Waals surface area contributed by atoms with Gasteiger partial charge in [0.15, 0.2) is 5.69 Å². The lowest BCUT2D eigenvalue weighted by Gasteiger charge is -2.08. The van der Waals surface area contributed by atoms with Gasteiger partial charge in [0.25, 0.3) is 5.56 Å². The normalized spacial score (nSPS) is 10.9. The number of hydrogen-bond donors (Lipinski definition) is 1. The molecule has 0 fully saturated rings. The minimum absolute atomic E-state index is 0.0498. The van der Waals surface area contributed by atoms with Crippen LogP contribution in [0.1, 0.15) is 29.0 Å². The van der Waals surface area contributed by atoms with E-state index in [0.29, 0.717) is 5.69 Å². The number of hydrogen-bond acceptors (Lipinski definition) is 7. The molecule has 0 atom stereocenters. The molecule has 0 aliphatic carbocycles. The Morgan fingerprint density at radius 3 is 2.44 bits per heavy atom. The molecule has 0 radical (unpaired) electrons. The number of anilines is 1. The summed E-state index contributed by atoms with van der Waals surface area (Å²) in [4.78, 5) is 41.8. The Hall–Kier alpha value is -4.34. The molecule has 1 N–H and O–H groups in total. The van der Waals surface area contributed by atoms with Crippen molar-refractivity contribution in [2.45, 2.75) is 33.6 Å². The predicted molar refractivity (Wildman–Crippen MR) is 126 cm³/mol. The summed E-state index contributed by atoms with van der Waals surface area (Å²) in [5.41, 5.74) is 2.98. The summed E-state index contributed by atoms with van der Waals surface area (Å²) in [5, 5.41) is 10.9. The molecule has 2 heterocycles. The molecule has 0 saturated heterocycles. The van der Waals surface area contributed by atoms with Crippen LogP contribution in [0.25, 0.3) is 17.2 Å². The quantitative estimate of drug-likeness (QED) is 0.469. The van der Waals surface area contributed by atoms with E-state index in [1.54, 1.807) is 12.1 Å². The van der Waals surface area contributed by atoms with E-state index in [4.69, 9.17) is 4.52 Å². The molecule has 0 aliphatic heterocycles. The topological polar surface area (TPSA) is 125 Å². The Morgan fingerprint density at radius 2 is 1.74 bits per heavy atom. The van der Waals surface area contributed by atoms with E-state index in [2.05, 4.69) is 20.6 Å². The Labute approximate surface area is 194 Å². The molecule has 34 heavy (non-hydrogen) atoms. The number of rotatable bonds is 6. The fourth-order valence-corrected chi connectivity index (χ4v) is 3.41. The molecule has 4 rings (SSSR count). The highest BCUT2D eigenvalue weighted by Crippen LogP contribution is 2.17. The summed E-state index contributed by atoms with van der Waals surface area (Å²) in [7, 11) is 1.36. The van der Waals surface area contributed by atoms with Gasteiger partial charge >= 0.3 is 5.69 Å². The number of carbonyl (C=O) groups excluding carboxylic acids is 1. The summed E-state index contributed by atoms with van der Waals surface area (Å²) < 4.78 is 7.28. The first-order valence-electron chi connectivity index (χ1n) is 10.7. The third-order valence-corrected chi connectivity index (χ3v) is 5.36. The van der Waals surface area contributed by atoms with Gasteiger partial charge in [0.05, 0.1) is 5.69 Å². The maximum atomic E-state index is 12.7. The molecule has 0 saturated carbocycles. The van der Waals surface area contributed by atoms with Gasteiger partial charge < -0.3 is 9.84 Å². The highest BCUT2D eigenvalue weighted by Gasteiger charge is 2.19. The van der Waals surface area contributed by atoms with E-state index >= 15 is 0 Å². The minimum atomic E-state index is -0.645. The Morgan fingerprint density at radius 1 is 1.03 bits per heavy atom. The molecule has 0 unspecified atom stereocenters.